The number of nitrogens with zero attached hydrogens (tertiary/aromatic N) is 1. The smallest absolute Gasteiger partial charge is 0.331 e. The van der Waals surface area contributed by atoms with Crippen LogP contribution in [0.3, 0.4) is 0 Å². The SMILES string of the molecule is C[C@H](NC(=O)[C@@H](NC(=O)[C@@H](N)CCCCN)[C@@H](O)CN)C(=O)NCC(=O)N[C@H](CCCN)C(=O)N1CCC[C@H]1C(=O)N[C@@H](CC(N)=O)C(=O)N[C@@H](CCCCN)C(=O)CC/C(=C\CCNC(=N)N)C(=O)O. The molecule has 0 radical (unpaired) electrons. The summed E-state index contributed by atoms with van der Waals surface area (Å²) in [6, 6.07) is -9.06. The van der Waals surface area contributed by atoms with E-state index in [4.69, 9.17) is 45.5 Å². The average Bonchev–Trinajstić information content (AvgIpc) is 3.82. The molecule has 1 heterocycles. The molecule has 8 atom stereocenters. The third kappa shape index (κ3) is 23.9. The van der Waals surface area contributed by atoms with Gasteiger partial charge in [-0.15, -0.1) is 0 Å². The normalized spacial score (nSPS) is 16.4. The summed E-state index contributed by atoms with van der Waals surface area (Å²) in [7, 11) is 0. The van der Waals surface area contributed by atoms with Crippen LogP contribution < -0.4 is 77.4 Å². The van der Waals surface area contributed by atoms with Gasteiger partial charge in [-0.05, 0) is 97.2 Å². The summed E-state index contributed by atoms with van der Waals surface area (Å²) in [5.74, 6) is -8.91. The van der Waals surface area contributed by atoms with Gasteiger partial charge in [0.1, 0.15) is 30.2 Å². The number of carbonyl (C=O) groups is 10. The number of ketones is 1. The molecule has 0 unspecified atom stereocenters. The highest BCUT2D eigenvalue weighted by Crippen LogP contribution is 2.20. The van der Waals surface area contributed by atoms with Crippen molar-refractivity contribution in [1.82, 2.24) is 42.1 Å². The second-order valence-electron chi connectivity index (χ2n) is 17.1. The van der Waals surface area contributed by atoms with Crippen LogP contribution in [0, 0.1) is 5.41 Å². The molecule has 1 aliphatic heterocycles. The van der Waals surface area contributed by atoms with E-state index >= 15 is 0 Å². The molecule has 28 nitrogen and oxygen atoms in total. The van der Waals surface area contributed by atoms with Gasteiger partial charge in [-0.25, -0.2) is 4.79 Å². The van der Waals surface area contributed by atoms with Crippen molar-refractivity contribution in [3.05, 3.63) is 11.6 Å². The summed E-state index contributed by atoms with van der Waals surface area (Å²) in [5, 5.41) is 44.4. The Morgan fingerprint density at radius 3 is 1.96 bits per heavy atom. The first-order valence-electron chi connectivity index (χ1n) is 23.8. The molecule has 24 N–H and O–H groups in total. The summed E-state index contributed by atoms with van der Waals surface area (Å²) in [6.07, 6.45) is 1.99. The molecule has 8 amide bonds. The lowest BCUT2D eigenvalue weighted by atomic mass is 9.98. The number of nitrogens with one attached hydrogen (secondary N) is 8. The van der Waals surface area contributed by atoms with Gasteiger partial charge in [0.05, 0.1) is 31.2 Å². The van der Waals surface area contributed by atoms with Gasteiger partial charge >= 0.3 is 5.97 Å². The predicted molar refractivity (Wildman–Crippen MR) is 259 cm³/mol. The van der Waals surface area contributed by atoms with Crippen LogP contribution in [0.5, 0.6) is 0 Å². The van der Waals surface area contributed by atoms with Crippen LogP contribution in [-0.4, -0.2) is 174 Å². The minimum atomic E-state index is -1.60. The Labute approximate surface area is 412 Å². The van der Waals surface area contributed by atoms with Gasteiger partial charge in [-0.3, -0.25) is 48.6 Å². The Balaban J connectivity index is 3.09. The van der Waals surface area contributed by atoms with E-state index in [2.05, 4.69) is 37.2 Å². The standard InChI is InChI=1S/C43H78N16O12/c1-24(54-40(68)35(32(61)22-47)58-37(65)26(48)10-2-4-16-44)36(64)53-23-34(63)55-28(12-6-18-46)41(69)59-20-8-13-30(59)39(67)57-29(21-33(49)62)38(66)56-27(11-3-5-17-45)31(60)15-14-25(42(70)71)9-7-19-52-43(50)51/h9,24,26-30,32,35,61H,2-8,10-23,44-48H2,1H3,(H2,49,62)(H,53,64)(H,54,68)(H,55,63)(H,56,66)(H,57,67)(H,58,65)(H,70,71)(H4,50,51,52)/b25-9+/t24-,26-,27-,28+,29-,30-,32-,35-/m0/s1. The number of nitrogens with two attached hydrogens (primary N) is 7. The minimum Gasteiger partial charge on any atom is -0.478 e. The molecular weight excluding hydrogens is 933 g/mol. The van der Waals surface area contributed by atoms with Crippen molar-refractivity contribution in [2.24, 2.45) is 40.1 Å². The Bertz CT molecular complexity index is 1860. The number of primary amides is 1. The summed E-state index contributed by atoms with van der Waals surface area (Å²) in [4.78, 5) is 132. The van der Waals surface area contributed by atoms with Crippen molar-refractivity contribution in [1.29, 1.82) is 5.41 Å². The molecule has 0 aromatic carbocycles. The fourth-order valence-electron chi connectivity index (χ4n) is 7.33. The van der Waals surface area contributed by atoms with Crippen LogP contribution in [0.15, 0.2) is 11.6 Å². The molecule has 1 rings (SSSR count). The quantitative estimate of drug-likeness (QED) is 0.0120. The maximum Gasteiger partial charge on any atom is 0.331 e. The van der Waals surface area contributed by atoms with E-state index in [1.54, 1.807) is 0 Å². The highest BCUT2D eigenvalue weighted by atomic mass is 16.4. The number of carbonyl (C=O) groups excluding carboxylic acids is 9. The van der Waals surface area contributed by atoms with E-state index in [1.807, 2.05) is 0 Å². The number of hydrogen-bond acceptors (Lipinski definition) is 17. The van der Waals surface area contributed by atoms with Crippen LogP contribution in [-0.2, 0) is 47.9 Å². The Morgan fingerprint density at radius 1 is 0.732 bits per heavy atom. The molecule has 71 heavy (non-hydrogen) atoms. The average molecular weight is 1010 g/mol. The molecule has 0 bridgehead atoms. The zero-order chi connectivity index (χ0) is 53.6. The van der Waals surface area contributed by atoms with E-state index < -0.39 is 127 Å². The molecule has 1 saturated heterocycles. The number of aliphatic carboxylic acids is 1. The van der Waals surface area contributed by atoms with Gasteiger partial charge < -0.3 is 92.5 Å². The van der Waals surface area contributed by atoms with Crippen LogP contribution in [0.2, 0.25) is 0 Å². The lowest BCUT2D eigenvalue weighted by Gasteiger charge is -2.30. The summed E-state index contributed by atoms with van der Waals surface area (Å²) < 4.78 is 0. The van der Waals surface area contributed by atoms with E-state index in [9.17, 15) is 58.2 Å². The number of aliphatic hydroxyl groups excluding tert-OH is 1. The fourth-order valence-corrected chi connectivity index (χ4v) is 7.33. The summed E-state index contributed by atoms with van der Waals surface area (Å²) in [5.41, 5.74) is 38.9. The lowest BCUT2D eigenvalue weighted by Crippen LogP contribution is -2.60. The van der Waals surface area contributed by atoms with Crippen LogP contribution in [0.4, 0.5) is 0 Å². The van der Waals surface area contributed by atoms with Crippen molar-refractivity contribution in [3.8, 4) is 0 Å². The van der Waals surface area contributed by atoms with Crippen molar-refractivity contribution >= 4 is 65.0 Å². The number of amides is 8. The first kappa shape index (κ1) is 62.7. The molecule has 0 spiro atoms. The molecule has 1 aliphatic rings. The van der Waals surface area contributed by atoms with Crippen LogP contribution >= 0.6 is 0 Å². The van der Waals surface area contributed by atoms with Gasteiger partial charge in [0.15, 0.2) is 11.7 Å². The number of likely N-dealkylation sites (tertiary alicyclic amines) is 1. The fraction of sp³-hybridized carbons (Fsp3) is 0.698. The monoisotopic (exact) mass is 1010 g/mol. The largest absolute Gasteiger partial charge is 0.478 e. The number of carboxylic acid groups (broad SMARTS) is 1. The van der Waals surface area contributed by atoms with E-state index in [0.717, 1.165) is 0 Å². The zero-order valence-corrected chi connectivity index (χ0v) is 40.5. The minimum absolute atomic E-state index is 0.0205. The Morgan fingerprint density at radius 2 is 1.37 bits per heavy atom. The molecule has 0 aromatic rings. The van der Waals surface area contributed by atoms with Gasteiger partial charge in [-0.2, -0.15) is 0 Å². The number of Topliss-reactive ketones (excluding diaryl/α,β-unsaturated/α-hetero) is 1. The Hall–Kier alpha value is -6.33. The van der Waals surface area contributed by atoms with Crippen LogP contribution in [0.1, 0.15) is 96.8 Å². The van der Waals surface area contributed by atoms with Gasteiger partial charge in [0, 0.05) is 31.6 Å². The van der Waals surface area contributed by atoms with E-state index in [-0.39, 0.29) is 89.1 Å². The second-order valence-corrected chi connectivity index (χ2v) is 17.1. The third-order valence-electron chi connectivity index (χ3n) is 11.3. The molecule has 0 aromatic heterocycles. The number of unbranched alkanes of at least 4 members (excludes halogenated alkanes) is 2. The van der Waals surface area contributed by atoms with Crippen molar-refractivity contribution < 1.29 is 58.2 Å². The van der Waals surface area contributed by atoms with E-state index in [0.29, 0.717) is 38.6 Å². The number of hydrogen-bond donors (Lipinski definition) is 17. The maximum absolute atomic E-state index is 14.0. The first-order chi connectivity index (χ1) is 33.6. The molecular formula is C43H78N16O12. The van der Waals surface area contributed by atoms with Gasteiger partial charge in [-0.1, -0.05) is 12.5 Å². The number of rotatable bonds is 36. The van der Waals surface area contributed by atoms with Crippen molar-refractivity contribution in [3.63, 3.8) is 0 Å². The number of aliphatic hydroxyl groups is 1. The zero-order valence-electron chi connectivity index (χ0n) is 40.5. The number of guanidine groups is 1. The molecule has 402 valence electrons. The third-order valence-corrected chi connectivity index (χ3v) is 11.3. The number of carboxylic acids is 1. The van der Waals surface area contributed by atoms with Crippen molar-refractivity contribution in [2.75, 3.05) is 45.8 Å². The van der Waals surface area contributed by atoms with Crippen LogP contribution in [0.25, 0.3) is 0 Å². The second kappa shape index (κ2) is 34.1. The van der Waals surface area contributed by atoms with Gasteiger partial charge in [0.2, 0.25) is 47.3 Å². The maximum atomic E-state index is 14.0. The predicted octanol–water partition coefficient (Wildman–Crippen LogP) is -6.71. The van der Waals surface area contributed by atoms with E-state index in [1.165, 1.54) is 17.9 Å². The molecule has 0 saturated carbocycles. The highest BCUT2D eigenvalue weighted by molar-refractivity contribution is 5.99. The van der Waals surface area contributed by atoms with Crippen molar-refractivity contribution in [2.45, 2.75) is 145 Å². The highest BCUT2D eigenvalue weighted by Gasteiger charge is 2.40. The molecule has 28 heteroatoms. The summed E-state index contributed by atoms with van der Waals surface area (Å²) >= 11 is 0. The molecule has 1 fully saturated rings. The topological polar surface area (TPSA) is 505 Å². The van der Waals surface area contributed by atoms with Gasteiger partial charge in [0.25, 0.3) is 0 Å². The first-order valence-corrected chi connectivity index (χ1v) is 23.8. The molecule has 0 aliphatic carbocycles. The summed E-state index contributed by atoms with van der Waals surface area (Å²) in [6.45, 7) is 1.22. The lowest BCUT2D eigenvalue weighted by molar-refractivity contribution is -0.142. The Kier molecular flexibility index (Phi) is 30.1.